The predicted octanol–water partition coefficient (Wildman–Crippen LogP) is 2.87. The van der Waals surface area contributed by atoms with Crippen LogP contribution >= 0.6 is 0 Å². The van der Waals surface area contributed by atoms with Crippen molar-refractivity contribution in [3.05, 3.63) is 29.8 Å². The lowest BCUT2D eigenvalue weighted by molar-refractivity contribution is -0.0319. The monoisotopic (exact) mass is 307 g/mol. The summed E-state index contributed by atoms with van der Waals surface area (Å²) in [5.41, 5.74) is 0.657. The minimum absolute atomic E-state index is 0.00278. The van der Waals surface area contributed by atoms with Gasteiger partial charge in [0.2, 0.25) is 0 Å². The third-order valence-electron chi connectivity index (χ3n) is 3.49. The number of ether oxygens (including phenoxy) is 3. The van der Waals surface area contributed by atoms with Gasteiger partial charge in [-0.15, -0.1) is 0 Å². The average Bonchev–Trinajstić information content (AvgIpc) is 2.47. The normalized spacial score (nSPS) is 18.9. The second-order valence-electron chi connectivity index (χ2n) is 6.45. The van der Waals surface area contributed by atoms with Crippen LogP contribution in [-0.4, -0.2) is 49.5 Å². The molecule has 5 nitrogen and oxygen atoms in total. The molecule has 0 unspecified atom stereocenters. The fourth-order valence-corrected chi connectivity index (χ4v) is 2.42. The lowest BCUT2D eigenvalue weighted by Gasteiger charge is -2.36. The number of rotatable bonds is 3. The molecule has 5 heteroatoms. The van der Waals surface area contributed by atoms with Crippen molar-refractivity contribution in [2.24, 2.45) is 0 Å². The summed E-state index contributed by atoms with van der Waals surface area (Å²) in [5.74, 6) is 0.827. The quantitative estimate of drug-likeness (QED) is 0.861. The first-order valence-electron chi connectivity index (χ1n) is 7.59. The maximum absolute atomic E-state index is 12.3. The van der Waals surface area contributed by atoms with Crippen LogP contribution in [0.15, 0.2) is 24.3 Å². The third kappa shape index (κ3) is 4.63. The zero-order valence-corrected chi connectivity index (χ0v) is 13.8. The van der Waals surface area contributed by atoms with Gasteiger partial charge in [-0.3, -0.25) is 0 Å². The van der Waals surface area contributed by atoms with E-state index in [0.717, 1.165) is 17.7 Å². The summed E-state index contributed by atoms with van der Waals surface area (Å²) in [5, 5.41) is 0. The van der Waals surface area contributed by atoms with E-state index >= 15 is 0 Å². The van der Waals surface area contributed by atoms with Gasteiger partial charge in [-0.05, 0) is 44.9 Å². The summed E-state index contributed by atoms with van der Waals surface area (Å²) in [4.78, 5) is 14.1. The highest BCUT2D eigenvalue weighted by atomic mass is 16.6. The van der Waals surface area contributed by atoms with Gasteiger partial charge in [0.25, 0.3) is 0 Å². The zero-order chi connectivity index (χ0) is 16.2. The number of methoxy groups -OCH3 is 1. The maximum Gasteiger partial charge on any atom is 0.410 e. The largest absolute Gasteiger partial charge is 0.497 e. The van der Waals surface area contributed by atoms with Gasteiger partial charge in [0.1, 0.15) is 11.4 Å². The number of hydrogen-bond donors (Lipinski definition) is 0. The van der Waals surface area contributed by atoms with Crippen LogP contribution in [-0.2, 0) is 15.9 Å². The number of carbonyl (C=O) groups excluding carboxylic acids is 1. The van der Waals surface area contributed by atoms with Crippen molar-refractivity contribution < 1.29 is 19.0 Å². The molecule has 1 atom stereocenters. The molecule has 1 saturated heterocycles. The van der Waals surface area contributed by atoms with E-state index in [4.69, 9.17) is 14.2 Å². The molecule has 0 bridgehead atoms. The van der Waals surface area contributed by atoms with E-state index < -0.39 is 5.60 Å². The minimum Gasteiger partial charge on any atom is -0.497 e. The standard InChI is InChI=1S/C17H25NO4/c1-17(2,3)22-16(19)18-9-10-21-12-14(18)11-13-5-7-15(20-4)8-6-13/h5-8,14H,9-12H2,1-4H3/t14-/m1/s1. The molecule has 1 fully saturated rings. The van der Waals surface area contributed by atoms with Gasteiger partial charge >= 0.3 is 6.09 Å². The van der Waals surface area contributed by atoms with Crippen LogP contribution in [0.3, 0.4) is 0 Å². The Balaban J connectivity index is 2.04. The molecule has 22 heavy (non-hydrogen) atoms. The van der Waals surface area contributed by atoms with Crippen LogP contribution in [0.2, 0.25) is 0 Å². The van der Waals surface area contributed by atoms with Crippen molar-refractivity contribution in [2.45, 2.75) is 38.8 Å². The maximum atomic E-state index is 12.3. The second-order valence-corrected chi connectivity index (χ2v) is 6.45. The van der Waals surface area contributed by atoms with E-state index in [1.807, 2.05) is 45.0 Å². The number of carbonyl (C=O) groups is 1. The van der Waals surface area contributed by atoms with Gasteiger partial charge in [-0.1, -0.05) is 12.1 Å². The highest BCUT2D eigenvalue weighted by Gasteiger charge is 2.31. The van der Waals surface area contributed by atoms with E-state index in [1.165, 1.54) is 0 Å². The Morgan fingerprint density at radius 1 is 1.32 bits per heavy atom. The number of hydrogen-bond acceptors (Lipinski definition) is 4. The number of amides is 1. The number of nitrogens with zero attached hydrogens (tertiary/aromatic N) is 1. The minimum atomic E-state index is -0.486. The molecular formula is C17H25NO4. The first kappa shape index (κ1) is 16.6. The number of benzene rings is 1. The molecule has 1 aliphatic heterocycles. The van der Waals surface area contributed by atoms with Crippen LogP contribution in [0.1, 0.15) is 26.3 Å². The summed E-state index contributed by atoms with van der Waals surface area (Å²) >= 11 is 0. The van der Waals surface area contributed by atoms with E-state index in [1.54, 1.807) is 12.0 Å². The fraction of sp³-hybridized carbons (Fsp3) is 0.588. The van der Waals surface area contributed by atoms with Crippen molar-refractivity contribution in [2.75, 3.05) is 26.9 Å². The summed E-state index contributed by atoms with van der Waals surface area (Å²) in [7, 11) is 1.65. The first-order chi connectivity index (χ1) is 10.4. The molecule has 1 aromatic rings. The Bertz CT molecular complexity index is 492. The molecule has 1 amide bonds. The van der Waals surface area contributed by atoms with Crippen LogP contribution in [0, 0.1) is 0 Å². The van der Waals surface area contributed by atoms with Crippen molar-refractivity contribution in [3.63, 3.8) is 0 Å². The smallest absolute Gasteiger partial charge is 0.410 e. The van der Waals surface area contributed by atoms with Crippen molar-refractivity contribution in [1.29, 1.82) is 0 Å². The molecule has 1 aliphatic rings. The molecule has 1 heterocycles. The van der Waals surface area contributed by atoms with E-state index in [2.05, 4.69) is 0 Å². The Morgan fingerprint density at radius 3 is 2.59 bits per heavy atom. The van der Waals surface area contributed by atoms with Crippen LogP contribution in [0.25, 0.3) is 0 Å². The summed E-state index contributed by atoms with van der Waals surface area (Å²) in [6.07, 6.45) is 0.470. The molecule has 0 spiro atoms. The molecule has 0 saturated carbocycles. The summed E-state index contributed by atoms with van der Waals surface area (Å²) in [6.45, 7) is 7.29. The van der Waals surface area contributed by atoms with E-state index in [-0.39, 0.29) is 12.1 Å². The highest BCUT2D eigenvalue weighted by molar-refractivity contribution is 5.68. The summed E-state index contributed by atoms with van der Waals surface area (Å²) in [6, 6.07) is 7.88. The van der Waals surface area contributed by atoms with Crippen LogP contribution in [0.5, 0.6) is 5.75 Å². The summed E-state index contributed by atoms with van der Waals surface area (Å²) < 4.78 is 16.2. The first-order valence-corrected chi connectivity index (χ1v) is 7.59. The molecule has 0 aliphatic carbocycles. The zero-order valence-electron chi connectivity index (χ0n) is 13.8. The molecule has 1 aromatic carbocycles. The molecule has 0 aromatic heterocycles. The molecule has 122 valence electrons. The Kier molecular flexibility index (Phi) is 5.29. The SMILES string of the molecule is COc1ccc(C[C@@H]2COCCN2C(=O)OC(C)(C)C)cc1. The number of morpholine rings is 1. The second kappa shape index (κ2) is 7.01. The Hall–Kier alpha value is -1.75. The van der Waals surface area contributed by atoms with Crippen LogP contribution in [0.4, 0.5) is 4.79 Å². The fourth-order valence-electron chi connectivity index (χ4n) is 2.42. The Morgan fingerprint density at radius 2 is 2.00 bits per heavy atom. The average molecular weight is 307 g/mol. The Labute approximate surface area is 132 Å². The molecule has 0 radical (unpaired) electrons. The van der Waals surface area contributed by atoms with Crippen LogP contribution < -0.4 is 4.74 Å². The van der Waals surface area contributed by atoms with Gasteiger partial charge in [-0.25, -0.2) is 4.79 Å². The molecule has 2 rings (SSSR count). The third-order valence-corrected chi connectivity index (χ3v) is 3.49. The van der Waals surface area contributed by atoms with Gasteiger partial charge in [-0.2, -0.15) is 0 Å². The van der Waals surface area contributed by atoms with Gasteiger partial charge < -0.3 is 19.1 Å². The lowest BCUT2D eigenvalue weighted by atomic mass is 10.0. The van der Waals surface area contributed by atoms with Gasteiger partial charge in [0.15, 0.2) is 0 Å². The van der Waals surface area contributed by atoms with Gasteiger partial charge in [0, 0.05) is 6.54 Å². The van der Waals surface area contributed by atoms with Crippen molar-refractivity contribution in [3.8, 4) is 5.75 Å². The highest BCUT2D eigenvalue weighted by Crippen LogP contribution is 2.19. The van der Waals surface area contributed by atoms with Crippen molar-refractivity contribution in [1.82, 2.24) is 4.90 Å². The van der Waals surface area contributed by atoms with E-state index in [0.29, 0.717) is 19.8 Å². The van der Waals surface area contributed by atoms with E-state index in [9.17, 15) is 4.79 Å². The topological polar surface area (TPSA) is 48.0 Å². The lowest BCUT2D eigenvalue weighted by Crippen LogP contribution is -2.51. The molecule has 0 N–H and O–H groups in total. The van der Waals surface area contributed by atoms with Gasteiger partial charge in [0.05, 0.1) is 26.4 Å². The molecular weight excluding hydrogens is 282 g/mol. The predicted molar refractivity (Wildman–Crippen MR) is 84.2 cm³/mol. The van der Waals surface area contributed by atoms with Crippen molar-refractivity contribution >= 4 is 6.09 Å².